The lowest BCUT2D eigenvalue weighted by molar-refractivity contribution is -0.0368. The lowest BCUT2D eigenvalue weighted by Gasteiger charge is -2.25. The second kappa shape index (κ2) is 5.50. The SMILES string of the molecule is c1ccc(COC[C@H]2CC3=NOC[C@@H]3CO2)cc1. The molecule has 0 saturated carbocycles. The minimum atomic E-state index is 0.116. The molecule has 4 heteroatoms. The van der Waals surface area contributed by atoms with E-state index in [0.29, 0.717) is 32.3 Å². The Morgan fingerprint density at radius 2 is 2.11 bits per heavy atom. The molecule has 1 fully saturated rings. The summed E-state index contributed by atoms with van der Waals surface area (Å²) >= 11 is 0. The summed E-state index contributed by atoms with van der Waals surface area (Å²) in [4.78, 5) is 5.08. The lowest BCUT2D eigenvalue weighted by atomic mass is 9.98. The third-order valence-electron chi connectivity index (χ3n) is 3.31. The number of rotatable bonds is 4. The van der Waals surface area contributed by atoms with E-state index in [1.165, 1.54) is 5.56 Å². The zero-order valence-corrected chi connectivity index (χ0v) is 10.2. The van der Waals surface area contributed by atoms with Crippen molar-refractivity contribution < 1.29 is 14.3 Å². The highest BCUT2D eigenvalue weighted by atomic mass is 16.6. The highest BCUT2D eigenvalue weighted by Crippen LogP contribution is 2.22. The number of ether oxygens (including phenoxy) is 2. The number of nitrogens with zero attached hydrogens (tertiary/aromatic N) is 1. The Hall–Kier alpha value is -1.39. The maximum atomic E-state index is 5.74. The van der Waals surface area contributed by atoms with E-state index in [1.807, 2.05) is 18.2 Å². The van der Waals surface area contributed by atoms with Gasteiger partial charge in [0.25, 0.3) is 0 Å². The summed E-state index contributed by atoms with van der Waals surface area (Å²) in [6.45, 7) is 2.62. The molecular weight excluding hydrogens is 230 g/mol. The molecule has 0 spiro atoms. The molecule has 1 aromatic rings. The van der Waals surface area contributed by atoms with Gasteiger partial charge in [-0.25, -0.2) is 0 Å². The summed E-state index contributed by atoms with van der Waals surface area (Å²) < 4.78 is 11.4. The van der Waals surface area contributed by atoms with Gasteiger partial charge < -0.3 is 14.3 Å². The van der Waals surface area contributed by atoms with Gasteiger partial charge in [-0.1, -0.05) is 35.5 Å². The van der Waals surface area contributed by atoms with Gasteiger partial charge in [0.1, 0.15) is 6.61 Å². The van der Waals surface area contributed by atoms with Crippen LogP contribution >= 0.6 is 0 Å². The van der Waals surface area contributed by atoms with Crippen LogP contribution in [0.3, 0.4) is 0 Å². The van der Waals surface area contributed by atoms with E-state index in [9.17, 15) is 0 Å². The predicted molar refractivity (Wildman–Crippen MR) is 67.3 cm³/mol. The Kier molecular flexibility index (Phi) is 3.57. The summed E-state index contributed by atoms with van der Waals surface area (Å²) in [5.41, 5.74) is 2.32. The van der Waals surface area contributed by atoms with Gasteiger partial charge in [-0.3, -0.25) is 0 Å². The second-order valence-corrected chi connectivity index (χ2v) is 4.74. The van der Waals surface area contributed by atoms with Crippen LogP contribution in [0, 0.1) is 5.92 Å². The Morgan fingerprint density at radius 3 is 3.00 bits per heavy atom. The quantitative estimate of drug-likeness (QED) is 0.817. The normalized spacial score (nSPS) is 26.3. The van der Waals surface area contributed by atoms with Crippen LogP contribution < -0.4 is 0 Å². The first kappa shape index (κ1) is 11.7. The van der Waals surface area contributed by atoms with E-state index in [1.54, 1.807) is 0 Å². The smallest absolute Gasteiger partial charge is 0.127 e. The number of oxime groups is 1. The second-order valence-electron chi connectivity index (χ2n) is 4.74. The number of hydrogen-bond donors (Lipinski definition) is 0. The maximum absolute atomic E-state index is 5.74. The molecule has 0 aromatic heterocycles. The number of benzene rings is 1. The fourth-order valence-corrected chi connectivity index (χ4v) is 2.26. The van der Waals surface area contributed by atoms with Crippen molar-refractivity contribution in [2.24, 2.45) is 11.1 Å². The molecule has 1 saturated heterocycles. The molecule has 3 rings (SSSR count). The van der Waals surface area contributed by atoms with E-state index in [0.717, 1.165) is 12.1 Å². The van der Waals surface area contributed by atoms with Crippen molar-refractivity contribution in [1.82, 2.24) is 0 Å². The first-order valence-corrected chi connectivity index (χ1v) is 6.34. The van der Waals surface area contributed by atoms with Gasteiger partial charge in [0.15, 0.2) is 0 Å². The van der Waals surface area contributed by atoms with Gasteiger partial charge in [0.05, 0.1) is 37.6 Å². The number of fused-ring (bicyclic) bond motifs is 1. The van der Waals surface area contributed by atoms with Crippen molar-refractivity contribution in [3.63, 3.8) is 0 Å². The largest absolute Gasteiger partial charge is 0.395 e. The molecule has 0 bridgehead atoms. The van der Waals surface area contributed by atoms with Gasteiger partial charge in [-0.2, -0.15) is 0 Å². The summed E-state index contributed by atoms with van der Waals surface area (Å²) in [5.74, 6) is 0.371. The molecule has 96 valence electrons. The molecule has 2 heterocycles. The van der Waals surface area contributed by atoms with Gasteiger partial charge >= 0.3 is 0 Å². The van der Waals surface area contributed by atoms with E-state index in [2.05, 4.69) is 17.3 Å². The van der Waals surface area contributed by atoms with E-state index >= 15 is 0 Å². The zero-order chi connectivity index (χ0) is 12.2. The fraction of sp³-hybridized carbons (Fsp3) is 0.500. The van der Waals surface area contributed by atoms with Gasteiger partial charge in [-0.15, -0.1) is 0 Å². The minimum Gasteiger partial charge on any atom is -0.395 e. The average molecular weight is 247 g/mol. The van der Waals surface area contributed by atoms with Crippen molar-refractivity contribution in [3.8, 4) is 0 Å². The Labute approximate surface area is 107 Å². The number of hydrogen-bond acceptors (Lipinski definition) is 4. The van der Waals surface area contributed by atoms with E-state index in [-0.39, 0.29) is 6.10 Å². The topological polar surface area (TPSA) is 40.0 Å². The average Bonchev–Trinajstić information content (AvgIpc) is 2.87. The van der Waals surface area contributed by atoms with E-state index in [4.69, 9.17) is 14.3 Å². The van der Waals surface area contributed by atoms with Gasteiger partial charge in [-0.05, 0) is 5.56 Å². The van der Waals surface area contributed by atoms with Crippen molar-refractivity contribution in [1.29, 1.82) is 0 Å². The Bertz CT molecular complexity index is 418. The van der Waals surface area contributed by atoms with Crippen LogP contribution in [0.15, 0.2) is 35.5 Å². The summed E-state index contributed by atoms with van der Waals surface area (Å²) in [7, 11) is 0. The predicted octanol–water partition coefficient (Wildman–Crippen LogP) is 1.99. The third-order valence-corrected chi connectivity index (χ3v) is 3.31. The van der Waals surface area contributed by atoms with Crippen LogP contribution in [-0.2, 0) is 20.9 Å². The van der Waals surface area contributed by atoms with Crippen molar-refractivity contribution in [3.05, 3.63) is 35.9 Å². The maximum Gasteiger partial charge on any atom is 0.127 e. The van der Waals surface area contributed by atoms with Crippen LogP contribution in [0.25, 0.3) is 0 Å². The first-order valence-electron chi connectivity index (χ1n) is 6.34. The highest BCUT2D eigenvalue weighted by molar-refractivity contribution is 5.88. The molecule has 2 atom stereocenters. The zero-order valence-electron chi connectivity index (χ0n) is 10.2. The molecule has 4 nitrogen and oxygen atoms in total. The monoisotopic (exact) mass is 247 g/mol. The molecular formula is C14H17NO3. The molecule has 2 aliphatic rings. The summed E-state index contributed by atoms with van der Waals surface area (Å²) in [6.07, 6.45) is 0.949. The molecule has 0 unspecified atom stereocenters. The van der Waals surface area contributed by atoms with Crippen LogP contribution in [0.2, 0.25) is 0 Å². The summed E-state index contributed by atoms with van der Waals surface area (Å²) in [6, 6.07) is 10.2. The molecule has 0 radical (unpaired) electrons. The van der Waals surface area contributed by atoms with Crippen LogP contribution in [0.4, 0.5) is 0 Å². The van der Waals surface area contributed by atoms with Crippen molar-refractivity contribution >= 4 is 5.71 Å². The standard InChI is InChI=1S/C14H17NO3/c1-2-4-11(5-3-1)7-16-10-13-6-14-12(8-17-13)9-18-15-14/h1-5,12-13H,6-10H2/t12-,13+/m0/s1. The fourth-order valence-electron chi connectivity index (χ4n) is 2.26. The van der Waals surface area contributed by atoms with Gasteiger partial charge in [0, 0.05) is 6.42 Å². The van der Waals surface area contributed by atoms with Gasteiger partial charge in [0.2, 0.25) is 0 Å². The van der Waals surface area contributed by atoms with E-state index < -0.39 is 0 Å². The van der Waals surface area contributed by atoms with Crippen LogP contribution in [0.1, 0.15) is 12.0 Å². The minimum absolute atomic E-state index is 0.116. The molecule has 0 amide bonds. The Morgan fingerprint density at radius 1 is 1.22 bits per heavy atom. The Balaban J connectivity index is 1.44. The van der Waals surface area contributed by atoms with Crippen molar-refractivity contribution in [2.75, 3.05) is 19.8 Å². The van der Waals surface area contributed by atoms with Crippen LogP contribution in [0.5, 0.6) is 0 Å². The molecule has 0 N–H and O–H groups in total. The first-order chi connectivity index (χ1) is 8.92. The van der Waals surface area contributed by atoms with Crippen molar-refractivity contribution in [2.45, 2.75) is 19.1 Å². The third kappa shape index (κ3) is 2.71. The lowest BCUT2D eigenvalue weighted by Crippen LogP contribution is -2.35. The summed E-state index contributed by atoms with van der Waals surface area (Å²) in [5, 5.41) is 4.06. The molecule has 1 aromatic carbocycles. The van der Waals surface area contributed by atoms with Crippen LogP contribution in [-0.4, -0.2) is 31.6 Å². The molecule has 0 aliphatic carbocycles. The molecule has 2 aliphatic heterocycles. The molecule has 18 heavy (non-hydrogen) atoms. The highest BCUT2D eigenvalue weighted by Gasteiger charge is 2.31.